The first-order chi connectivity index (χ1) is 5.93. The van der Waals surface area contributed by atoms with Gasteiger partial charge in [0.15, 0.2) is 0 Å². The van der Waals surface area contributed by atoms with Crippen LogP contribution in [0.2, 0.25) is 0 Å². The van der Waals surface area contributed by atoms with E-state index in [1.807, 2.05) is 18.2 Å². The van der Waals surface area contributed by atoms with Crippen molar-refractivity contribution in [1.82, 2.24) is 5.32 Å². The first-order valence-corrected chi connectivity index (χ1v) is 4.24. The van der Waals surface area contributed by atoms with Crippen LogP contribution >= 0.6 is 0 Å². The van der Waals surface area contributed by atoms with Crippen molar-refractivity contribution in [1.29, 1.82) is 0 Å². The summed E-state index contributed by atoms with van der Waals surface area (Å²) >= 11 is 0. The molecule has 0 atom stereocenters. The van der Waals surface area contributed by atoms with E-state index in [2.05, 4.69) is 17.4 Å². The summed E-state index contributed by atoms with van der Waals surface area (Å²) in [5.74, 6) is 0. The second-order valence-electron chi connectivity index (χ2n) is 2.70. The smallest absolute Gasteiger partial charge is 0.0906 e. The van der Waals surface area contributed by atoms with E-state index in [9.17, 15) is 4.39 Å². The monoisotopic (exact) mass is 167 g/mol. The molecule has 1 nitrogen and oxygen atoms in total. The normalized spacial score (nSPS) is 10.1. The van der Waals surface area contributed by atoms with Gasteiger partial charge in [-0.05, 0) is 18.5 Å². The first-order valence-electron chi connectivity index (χ1n) is 4.24. The Morgan fingerprint density at radius 1 is 1.17 bits per heavy atom. The van der Waals surface area contributed by atoms with Crippen LogP contribution in [0.1, 0.15) is 12.0 Å². The average molecular weight is 167 g/mol. The molecule has 0 spiro atoms. The highest BCUT2D eigenvalue weighted by Crippen LogP contribution is 1.96. The highest BCUT2D eigenvalue weighted by atomic mass is 19.1. The van der Waals surface area contributed by atoms with Crippen LogP contribution in [0, 0.1) is 0 Å². The third kappa shape index (κ3) is 3.49. The molecule has 0 aliphatic carbocycles. The van der Waals surface area contributed by atoms with Crippen molar-refractivity contribution in [2.24, 2.45) is 0 Å². The second kappa shape index (κ2) is 5.72. The van der Waals surface area contributed by atoms with E-state index in [1.54, 1.807) is 0 Å². The number of hydrogen-bond acceptors (Lipinski definition) is 1. The number of hydrogen-bond donors (Lipinski definition) is 1. The largest absolute Gasteiger partial charge is 0.313 e. The van der Waals surface area contributed by atoms with Gasteiger partial charge >= 0.3 is 0 Å². The second-order valence-corrected chi connectivity index (χ2v) is 2.70. The molecule has 1 rings (SSSR count). The van der Waals surface area contributed by atoms with Crippen molar-refractivity contribution in [2.45, 2.75) is 13.0 Å². The molecule has 0 amide bonds. The van der Waals surface area contributed by atoms with Crippen LogP contribution < -0.4 is 5.32 Å². The van der Waals surface area contributed by atoms with E-state index in [1.165, 1.54) is 5.56 Å². The first kappa shape index (κ1) is 9.20. The van der Waals surface area contributed by atoms with Gasteiger partial charge in [0.2, 0.25) is 0 Å². The lowest BCUT2D eigenvalue weighted by atomic mass is 10.2. The fraction of sp³-hybridized carbons (Fsp3) is 0.400. The Labute approximate surface area is 72.6 Å². The number of rotatable bonds is 5. The van der Waals surface area contributed by atoms with Crippen molar-refractivity contribution in [3.63, 3.8) is 0 Å². The van der Waals surface area contributed by atoms with E-state index in [0.29, 0.717) is 6.42 Å². The van der Waals surface area contributed by atoms with Gasteiger partial charge in [-0.1, -0.05) is 30.3 Å². The van der Waals surface area contributed by atoms with Crippen LogP contribution in [0.3, 0.4) is 0 Å². The molecule has 0 unspecified atom stereocenters. The molecule has 0 fully saturated rings. The molecule has 0 aromatic heterocycles. The number of benzene rings is 1. The topological polar surface area (TPSA) is 12.0 Å². The standard InChI is InChI=1S/C10H14FN/c11-7-4-8-12-9-10-5-2-1-3-6-10/h1-3,5-6,12H,4,7-9H2. The van der Waals surface area contributed by atoms with E-state index in [4.69, 9.17) is 0 Å². The molecule has 0 aliphatic rings. The van der Waals surface area contributed by atoms with Crippen LogP contribution in [0.25, 0.3) is 0 Å². The van der Waals surface area contributed by atoms with E-state index in [0.717, 1.165) is 13.1 Å². The summed E-state index contributed by atoms with van der Waals surface area (Å²) in [4.78, 5) is 0. The quantitative estimate of drug-likeness (QED) is 0.662. The molecule has 0 radical (unpaired) electrons. The van der Waals surface area contributed by atoms with E-state index < -0.39 is 0 Å². The lowest BCUT2D eigenvalue weighted by Gasteiger charge is -2.02. The van der Waals surface area contributed by atoms with Gasteiger partial charge in [0.25, 0.3) is 0 Å². The molecule has 1 aromatic rings. The summed E-state index contributed by atoms with van der Waals surface area (Å²) < 4.78 is 11.7. The van der Waals surface area contributed by atoms with Crippen molar-refractivity contribution in [3.05, 3.63) is 35.9 Å². The Morgan fingerprint density at radius 2 is 1.92 bits per heavy atom. The fourth-order valence-corrected chi connectivity index (χ4v) is 1.02. The molecular weight excluding hydrogens is 153 g/mol. The highest BCUT2D eigenvalue weighted by Gasteiger charge is 1.89. The molecule has 0 saturated carbocycles. The van der Waals surface area contributed by atoms with Gasteiger partial charge in [-0.25, -0.2) is 0 Å². The SMILES string of the molecule is FCCCNCc1ccccc1. The predicted octanol–water partition coefficient (Wildman–Crippen LogP) is 2.14. The van der Waals surface area contributed by atoms with Crippen molar-refractivity contribution >= 4 is 0 Å². The molecule has 0 saturated heterocycles. The van der Waals surface area contributed by atoms with Crippen LogP contribution in [0.4, 0.5) is 4.39 Å². The molecule has 0 aliphatic heterocycles. The summed E-state index contributed by atoms with van der Waals surface area (Å²) in [7, 11) is 0. The summed E-state index contributed by atoms with van der Waals surface area (Å²) in [6, 6.07) is 10.1. The van der Waals surface area contributed by atoms with Crippen LogP contribution in [0.5, 0.6) is 0 Å². The predicted molar refractivity (Wildman–Crippen MR) is 48.7 cm³/mol. The van der Waals surface area contributed by atoms with Gasteiger partial charge in [0, 0.05) is 6.54 Å². The fourth-order valence-electron chi connectivity index (χ4n) is 1.02. The van der Waals surface area contributed by atoms with Crippen molar-refractivity contribution in [3.8, 4) is 0 Å². The Bertz CT molecular complexity index is 198. The minimum atomic E-state index is -0.234. The van der Waals surface area contributed by atoms with Gasteiger partial charge < -0.3 is 5.32 Å². The van der Waals surface area contributed by atoms with Crippen LogP contribution in [-0.4, -0.2) is 13.2 Å². The van der Waals surface area contributed by atoms with E-state index in [-0.39, 0.29) is 6.67 Å². The zero-order valence-corrected chi connectivity index (χ0v) is 7.09. The van der Waals surface area contributed by atoms with Crippen LogP contribution in [-0.2, 0) is 6.54 Å². The Kier molecular flexibility index (Phi) is 4.39. The van der Waals surface area contributed by atoms with Crippen LogP contribution in [0.15, 0.2) is 30.3 Å². The Balaban J connectivity index is 2.16. The van der Waals surface area contributed by atoms with Gasteiger partial charge in [-0.3, -0.25) is 4.39 Å². The third-order valence-corrected chi connectivity index (χ3v) is 1.66. The summed E-state index contributed by atoms with van der Waals surface area (Å²) in [6.45, 7) is 1.36. The summed E-state index contributed by atoms with van der Waals surface area (Å²) in [5, 5.41) is 3.16. The maximum absolute atomic E-state index is 11.7. The molecule has 1 aromatic carbocycles. The van der Waals surface area contributed by atoms with Gasteiger partial charge in [0.1, 0.15) is 0 Å². The van der Waals surface area contributed by atoms with Crippen molar-refractivity contribution in [2.75, 3.05) is 13.2 Å². The molecule has 66 valence electrons. The summed E-state index contributed by atoms with van der Waals surface area (Å²) in [6.07, 6.45) is 0.604. The highest BCUT2D eigenvalue weighted by molar-refractivity contribution is 5.14. The maximum Gasteiger partial charge on any atom is 0.0906 e. The summed E-state index contributed by atoms with van der Waals surface area (Å²) in [5.41, 5.74) is 1.25. The Morgan fingerprint density at radius 3 is 2.58 bits per heavy atom. The van der Waals surface area contributed by atoms with Gasteiger partial charge in [0.05, 0.1) is 6.67 Å². The molecule has 2 heteroatoms. The molecule has 0 bridgehead atoms. The minimum absolute atomic E-state index is 0.234. The Hall–Kier alpha value is -0.890. The van der Waals surface area contributed by atoms with Gasteiger partial charge in [-0.15, -0.1) is 0 Å². The lowest BCUT2D eigenvalue weighted by molar-refractivity contribution is 0.459. The average Bonchev–Trinajstić information content (AvgIpc) is 2.14. The number of alkyl halides is 1. The molecule has 12 heavy (non-hydrogen) atoms. The minimum Gasteiger partial charge on any atom is -0.313 e. The molecule has 0 heterocycles. The molecule has 1 N–H and O–H groups in total. The number of halogens is 1. The molecular formula is C10H14FN. The maximum atomic E-state index is 11.7. The van der Waals surface area contributed by atoms with Crippen molar-refractivity contribution < 1.29 is 4.39 Å². The zero-order valence-electron chi connectivity index (χ0n) is 7.09. The lowest BCUT2D eigenvalue weighted by Crippen LogP contribution is -2.14. The number of nitrogens with one attached hydrogen (secondary N) is 1. The third-order valence-electron chi connectivity index (χ3n) is 1.66. The van der Waals surface area contributed by atoms with E-state index >= 15 is 0 Å². The van der Waals surface area contributed by atoms with Gasteiger partial charge in [-0.2, -0.15) is 0 Å². The zero-order chi connectivity index (χ0) is 8.65.